The summed E-state index contributed by atoms with van der Waals surface area (Å²) >= 11 is 1.35. The normalized spacial score (nSPS) is 26.7. The first-order valence-electron chi connectivity index (χ1n) is 7.06. The Morgan fingerprint density at radius 3 is 3.00 bits per heavy atom. The van der Waals surface area contributed by atoms with Gasteiger partial charge in [-0.15, -0.1) is 11.8 Å². The zero-order valence-corrected chi connectivity index (χ0v) is 13.1. The number of β-lactam (4-membered cyclic amide) rings is 1. The summed E-state index contributed by atoms with van der Waals surface area (Å²) in [6, 6.07) is 2.02. The fourth-order valence-electron chi connectivity index (χ4n) is 3.20. The van der Waals surface area contributed by atoms with Crippen molar-refractivity contribution in [2.45, 2.75) is 32.2 Å². The molecule has 0 aromatic carbocycles. The smallest absolute Gasteiger partial charge is 0.353 e. The molecular formula is C15H15N3O3S. The molecule has 6 nitrogen and oxygen atoms in total. The van der Waals surface area contributed by atoms with Crippen LogP contribution in [-0.4, -0.2) is 37.0 Å². The minimum atomic E-state index is -1.06. The fraction of sp³-hybridized carbons (Fsp3) is 0.400. The maximum atomic E-state index is 12.1. The van der Waals surface area contributed by atoms with Gasteiger partial charge in [-0.25, -0.2) is 4.79 Å². The second kappa shape index (κ2) is 4.25. The molecule has 0 radical (unpaired) electrons. The van der Waals surface area contributed by atoms with Gasteiger partial charge in [-0.1, -0.05) is 13.8 Å². The van der Waals surface area contributed by atoms with E-state index in [4.69, 9.17) is 5.11 Å². The van der Waals surface area contributed by atoms with Gasteiger partial charge in [0.2, 0.25) is 0 Å². The van der Waals surface area contributed by atoms with Gasteiger partial charge in [0.25, 0.3) is 5.91 Å². The lowest BCUT2D eigenvalue weighted by Crippen LogP contribution is -2.51. The van der Waals surface area contributed by atoms with Crippen LogP contribution in [-0.2, 0) is 22.6 Å². The van der Waals surface area contributed by atoms with E-state index in [9.17, 15) is 9.59 Å². The average molecular weight is 317 g/mol. The lowest BCUT2D eigenvalue weighted by molar-refractivity contribution is -0.141. The molecule has 3 aliphatic heterocycles. The molecule has 4 heterocycles. The molecule has 1 atom stereocenters. The highest BCUT2D eigenvalue weighted by Gasteiger charge is 2.49. The predicted octanol–water partition coefficient (Wildman–Crippen LogP) is 1.69. The van der Waals surface area contributed by atoms with Crippen molar-refractivity contribution < 1.29 is 14.7 Å². The van der Waals surface area contributed by atoms with Gasteiger partial charge in [0.05, 0.1) is 11.3 Å². The Kier molecular flexibility index (Phi) is 2.64. The number of carboxylic acid groups (broad SMARTS) is 1. The first-order valence-corrected chi connectivity index (χ1v) is 8.01. The molecular weight excluding hydrogens is 302 g/mol. The van der Waals surface area contributed by atoms with E-state index in [2.05, 4.69) is 18.9 Å². The Morgan fingerprint density at radius 1 is 1.55 bits per heavy atom. The number of amides is 1. The van der Waals surface area contributed by atoms with Crippen LogP contribution in [0.3, 0.4) is 0 Å². The van der Waals surface area contributed by atoms with Crippen LogP contribution in [0, 0.1) is 5.41 Å². The SMILES string of the molecule is CC1(C)Cc2cc(/C=C3/C(=O)N4C(C(=O)O)=CS[C@H]34)nn2C1. The minimum absolute atomic E-state index is 0.0613. The second-order valence-electron chi connectivity index (χ2n) is 6.63. The summed E-state index contributed by atoms with van der Waals surface area (Å²) in [6.07, 6.45) is 2.76. The van der Waals surface area contributed by atoms with Gasteiger partial charge in [0, 0.05) is 17.6 Å². The van der Waals surface area contributed by atoms with E-state index in [1.807, 2.05) is 10.7 Å². The third-order valence-corrected chi connectivity index (χ3v) is 5.26. The molecule has 0 spiro atoms. The average Bonchev–Trinajstić information content (AvgIpc) is 3.03. The van der Waals surface area contributed by atoms with Crippen molar-refractivity contribution >= 4 is 29.7 Å². The zero-order valence-electron chi connectivity index (χ0n) is 12.2. The molecule has 1 N–H and O–H groups in total. The summed E-state index contributed by atoms with van der Waals surface area (Å²) in [7, 11) is 0. The molecule has 0 saturated carbocycles. The molecule has 1 fully saturated rings. The molecule has 1 amide bonds. The van der Waals surface area contributed by atoms with E-state index < -0.39 is 5.97 Å². The van der Waals surface area contributed by atoms with Crippen molar-refractivity contribution in [1.82, 2.24) is 14.7 Å². The minimum Gasteiger partial charge on any atom is -0.477 e. The van der Waals surface area contributed by atoms with Crippen LogP contribution in [0.2, 0.25) is 0 Å². The summed E-state index contributed by atoms with van der Waals surface area (Å²) < 4.78 is 2.00. The third kappa shape index (κ3) is 1.85. The molecule has 0 aliphatic carbocycles. The number of carbonyl (C=O) groups is 2. The number of aromatic nitrogens is 2. The number of carbonyl (C=O) groups excluding carboxylic acids is 1. The molecule has 7 heteroatoms. The van der Waals surface area contributed by atoms with E-state index in [1.54, 1.807) is 6.08 Å². The van der Waals surface area contributed by atoms with Crippen LogP contribution in [0.4, 0.5) is 0 Å². The number of carboxylic acids is 1. The van der Waals surface area contributed by atoms with Crippen molar-refractivity contribution in [2.24, 2.45) is 5.41 Å². The van der Waals surface area contributed by atoms with Gasteiger partial charge < -0.3 is 5.11 Å². The van der Waals surface area contributed by atoms with Crippen LogP contribution >= 0.6 is 11.8 Å². The Morgan fingerprint density at radius 2 is 2.32 bits per heavy atom. The summed E-state index contributed by atoms with van der Waals surface area (Å²) in [6.45, 7) is 5.30. The van der Waals surface area contributed by atoms with E-state index >= 15 is 0 Å². The Hall–Kier alpha value is -2.02. The van der Waals surface area contributed by atoms with Crippen molar-refractivity contribution in [2.75, 3.05) is 0 Å². The first kappa shape index (κ1) is 13.6. The number of fused-ring (bicyclic) bond motifs is 2. The molecule has 1 aromatic rings. The van der Waals surface area contributed by atoms with E-state index in [1.165, 1.54) is 27.8 Å². The van der Waals surface area contributed by atoms with Crippen LogP contribution in [0.1, 0.15) is 25.2 Å². The van der Waals surface area contributed by atoms with Crippen LogP contribution in [0.5, 0.6) is 0 Å². The summed E-state index contributed by atoms with van der Waals surface area (Å²) in [5, 5.41) is 14.9. The Balaban J connectivity index is 1.57. The number of aliphatic carboxylic acids is 1. The van der Waals surface area contributed by atoms with E-state index in [-0.39, 0.29) is 22.4 Å². The molecule has 114 valence electrons. The highest BCUT2D eigenvalue weighted by Crippen LogP contribution is 2.45. The highest BCUT2D eigenvalue weighted by molar-refractivity contribution is 8.03. The van der Waals surface area contributed by atoms with Gasteiger partial charge in [-0.2, -0.15) is 5.10 Å². The monoisotopic (exact) mass is 317 g/mol. The van der Waals surface area contributed by atoms with Gasteiger partial charge in [0.15, 0.2) is 0 Å². The maximum absolute atomic E-state index is 12.1. The van der Waals surface area contributed by atoms with Gasteiger partial charge in [0.1, 0.15) is 11.1 Å². The lowest BCUT2D eigenvalue weighted by atomic mass is 9.91. The number of hydrogen-bond acceptors (Lipinski definition) is 4. The summed E-state index contributed by atoms with van der Waals surface area (Å²) in [5.74, 6) is -1.30. The van der Waals surface area contributed by atoms with Crippen molar-refractivity contribution in [3.05, 3.63) is 34.1 Å². The molecule has 0 unspecified atom stereocenters. The van der Waals surface area contributed by atoms with Crippen molar-refractivity contribution in [3.8, 4) is 0 Å². The van der Waals surface area contributed by atoms with E-state index in [0.717, 1.165) is 18.7 Å². The van der Waals surface area contributed by atoms with Crippen LogP contribution < -0.4 is 0 Å². The third-order valence-electron chi connectivity index (χ3n) is 4.18. The van der Waals surface area contributed by atoms with Crippen LogP contribution in [0.25, 0.3) is 6.08 Å². The number of rotatable bonds is 2. The lowest BCUT2D eigenvalue weighted by Gasteiger charge is -2.36. The molecule has 3 aliphatic rings. The molecule has 1 saturated heterocycles. The summed E-state index contributed by atoms with van der Waals surface area (Å²) in [4.78, 5) is 24.5. The maximum Gasteiger partial charge on any atom is 0.353 e. The fourth-order valence-corrected chi connectivity index (χ4v) is 4.32. The van der Waals surface area contributed by atoms with Gasteiger partial charge in [-0.3, -0.25) is 14.4 Å². The van der Waals surface area contributed by atoms with Crippen LogP contribution in [0.15, 0.2) is 22.7 Å². The molecule has 4 rings (SSSR count). The van der Waals surface area contributed by atoms with Gasteiger partial charge >= 0.3 is 5.97 Å². The predicted molar refractivity (Wildman–Crippen MR) is 81.6 cm³/mol. The quantitative estimate of drug-likeness (QED) is 0.663. The number of thioether (sulfide) groups is 1. The largest absolute Gasteiger partial charge is 0.477 e. The second-order valence-corrected chi connectivity index (χ2v) is 7.59. The summed E-state index contributed by atoms with van der Waals surface area (Å²) in [5.41, 5.74) is 2.88. The van der Waals surface area contributed by atoms with Crippen molar-refractivity contribution in [1.29, 1.82) is 0 Å². The Labute approximate surface area is 131 Å². The van der Waals surface area contributed by atoms with E-state index in [0.29, 0.717) is 5.57 Å². The molecule has 0 bridgehead atoms. The molecule has 22 heavy (non-hydrogen) atoms. The number of hydrogen-bond donors (Lipinski definition) is 1. The number of nitrogens with zero attached hydrogens (tertiary/aromatic N) is 3. The highest BCUT2D eigenvalue weighted by atomic mass is 32.2. The molecule has 1 aromatic heterocycles. The first-order chi connectivity index (χ1) is 10.4. The topological polar surface area (TPSA) is 75.4 Å². The standard InChI is InChI=1S/C15H15N3O3S/c1-15(2)5-9-3-8(16-17(9)7-15)4-10-12(19)18-11(14(20)21)6-22-13(10)18/h3-4,6,13H,5,7H2,1-2H3,(H,20,21)/b10-4-/t13-/m1/s1. The van der Waals surface area contributed by atoms with Crippen molar-refractivity contribution in [3.63, 3.8) is 0 Å². The zero-order chi connectivity index (χ0) is 15.6. The van der Waals surface area contributed by atoms with Gasteiger partial charge in [-0.05, 0) is 24.0 Å². The Bertz CT molecular complexity index is 749.